The highest BCUT2D eigenvalue weighted by Crippen LogP contribution is 2.52. The van der Waals surface area contributed by atoms with Crippen molar-refractivity contribution in [2.24, 2.45) is 11.8 Å². The summed E-state index contributed by atoms with van der Waals surface area (Å²) in [6.07, 6.45) is 6.25. The molecule has 2 fully saturated rings. The first kappa shape index (κ1) is 13.4. The van der Waals surface area contributed by atoms with E-state index >= 15 is 0 Å². The van der Waals surface area contributed by atoms with E-state index in [1.807, 2.05) is 6.07 Å². The molecule has 2 unspecified atom stereocenters. The quantitative estimate of drug-likeness (QED) is 0.747. The Labute approximate surface area is 138 Å². The number of nitrogens with one attached hydrogen (secondary N) is 1. The van der Waals surface area contributed by atoms with E-state index in [-0.39, 0.29) is 0 Å². The van der Waals surface area contributed by atoms with Gasteiger partial charge >= 0.3 is 0 Å². The minimum Gasteiger partial charge on any atom is -0.311 e. The number of aromatic nitrogens is 2. The molecule has 1 N–H and O–H groups in total. The van der Waals surface area contributed by atoms with Gasteiger partial charge in [-0.05, 0) is 56.1 Å². The van der Waals surface area contributed by atoms with Gasteiger partial charge in [0.2, 0.25) is 0 Å². The van der Waals surface area contributed by atoms with E-state index in [0.29, 0.717) is 27.5 Å². The van der Waals surface area contributed by atoms with Gasteiger partial charge in [0.25, 0.3) is 0 Å². The Kier molecular flexibility index (Phi) is 2.73. The van der Waals surface area contributed by atoms with Gasteiger partial charge in [0, 0.05) is 17.0 Å². The Morgan fingerprint density at radius 3 is 2.50 bits per heavy atom. The van der Waals surface area contributed by atoms with Crippen LogP contribution in [0.4, 0.5) is 0 Å². The van der Waals surface area contributed by atoms with Crippen LogP contribution in [0.2, 0.25) is 10.0 Å². The molecule has 114 valence electrons. The summed E-state index contributed by atoms with van der Waals surface area (Å²) in [6.45, 7) is 0. The molecular formula is C17H17Cl2N3. The molecule has 6 rings (SSSR count). The van der Waals surface area contributed by atoms with Crippen molar-refractivity contribution in [1.29, 1.82) is 5.41 Å². The van der Waals surface area contributed by atoms with Crippen molar-refractivity contribution in [2.75, 3.05) is 0 Å². The summed E-state index contributed by atoms with van der Waals surface area (Å²) in [4.78, 5) is 4.93. The first-order valence-electron chi connectivity index (χ1n) is 8.06. The predicted octanol–water partition coefficient (Wildman–Crippen LogP) is 4.67. The molecule has 2 saturated carbocycles. The summed E-state index contributed by atoms with van der Waals surface area (Å²) in [5.74, 6) is 3.23. The first-order chi connectivity index (χ1) is 10.6. The third-order valence-electron chi connectivity index (χ3n) is 5.84. The second-order valence-corrected chi connectivity index (χ2v) is 8.08. The lowest BCUT2D eigenvalue weighted by Gasteiger charge is -2.37. The molecule has 22 heavy (non-hydrogen) atoms. The molecular weight excluding hydrogens is 317 g/mol. The molecule has 5 heteroatoms. The Balaban J connectivity index is 1.87. The third kappa shape index (κ3) is 1.75. The summed E-state index contributed by atoms with van der Waals surface area (Å²) in [7, 11) is 0. The van der Waals surface area contributed by atoms with Gasteiger partial charge < -0.3 is 4.57 Å². The Morgan fingerprint density at radius 1 is 1.05 bits per heavy atom. The molecule has 0 spiro atoms. The Morgan fingerprint density at radius 2 is 1.77 bits per heavy atom. The van der Waals surface area contributed by atoms with Crippen LogP contribution in [0, 0.1) is 17.2 Å². The lowest BCUT2D eigenvalue weighted by molar-refractivity contribution is 0.150. The van der Waals surface area contributed by atoms with Gasteiger partial charge in [0.1, 0.15) is 11.3 Å². The van der Waals surface area contributed by atoms with Gasteiger partial charge in [-0.2, -0.15) is 0 Å². The minimum absolute atomic E-state index is 0.433. The number of halogens is 2. The largest absolute Gasteiger partial charge is 0.311 e. The second-order valence-electron chi connectivity index (χ2n) is 7.23. The zero-order valence-electron chi connectivity index (χ0n) is 12.1. The number of nitrogens with zero attached hydrogens (tertiary/aromatic N) is 2. The molecule has 3 heterocycles. The van der Waals surface area contributed by atoms with E-state index in [0.717, 1.165) is 28.6 Å². The predicted molar refractivity (Wildman–Crippen MR) is 87.5 cm³/mol. The zero-order valence-corrected chi connectivity index (χ0v) is 13.7. The molecule has 3 nitrogen and oxygen atoms in total. The number of rotatable bonds is 0. The maximum atomic E-state index is 8.75. The normalized spacial score (nSPS) is 32.3. The maximum Gasteiger partial charge on any atom is 0.137 e. The summed E-state index contributed by atoms with van der Waals surface area (Å²) in [6, 6.07) is 4.00. The topological polar surface area (TPSA) is 41.7 Å². The lowest BCUT2D eigenvalue weighted by atomic mass is 9.68. The van der Waals surface area contributed by atoms with E-state index in [4.69, 9.17) is 33.6 Å². The molecule has 0 amide bonds. The standard InChI is InChI=1S/C17H17Cl2N3/c18-11-6-13(19)15-14(7-11)21-17-10-2-8-1-9(3-10)5-12(4-8)22(17)16(15)20/h6-10,12,20H,1-5H2. The van der Waals surface area contributed by atoms with Crippen LogP contribution in [-0.4, -0.2) is 9.55 Å². The van der Waals surface area contributed by atoms with Crippen LogP contribution >= 0.6 is 23.2 Å². The van der Waals surface area contributed by atoms with E-state index in [9.17, 15) is 0 Å². The second kappa shape index (κ2) is 4.48. The van der Waals surface area contributed by atoms with Gasteiger partial charge in [-0.15, -0.1) is 0 Å². The van der Waals surface area contributed by atoms with Gasteiger partial charge in [0.05, 0.1) is 15.9 Å². The van der Waals surface area contributed by atoms with Crippen molar-refractivity contribution in [1.82, 2.24) is 9.55 Å². The third-order valence-corrected chi connectivity index (χ3v) is 6.35. The van der Waals surface area contributed by atoms with Crippen LogP contribution in [0.3, 0.4) is 0 Å². The van der Waals surface area contributed by atoms with Crippen molar-refractivity contribution in [2.45, 2.75) is 44.1 Å². The number of fused-ring (bicyclic) bond motifs is 1. The van der Waals surface area contributed by atoms with E-state index in [2.05, 4.69) is 4.57 Å². The molecule has 4 aliphatic rings. The molecule has 0 saturated heterocycles. The Hall–Kier alpha value is -1.06. The van der Waals surface area contributed by atoms with Crippen molar-refractivity contribution in [3.8, 4) is 0 Å². The zero-order chi connectivity index (χ0) is 15.0. The minimum atomic E-state index is 0.433. The first-order valence-corrected chi connectivity index (χ1v) is 8.81. The van der Waals surface area contributed by atoms with E-state index in [1.165, 1.54) is 32.1 Å². The number of benzene rings is 1. The Bertz CT molecular complexity index is 843. The molecule has 2 aliphatic carbocycles. The average molecular weight is 334 g/mol. The van der Waals surface area contributed by atoms with Crippen LogP contribution < -0.4 is 5.49 Å². The van der Waals surface area contributed by atoms with Crippen molar-refractivity contribution in [3.05, 3.63) is 33.5 Å². The smallest absolute Gasteiger partial charge is 0.137 e. The van der Waals surface area contributed by atoms with Gasteiger partial charge in [-0.1, -0.05) is 23.2 Å². The highest BCUT2D eigenvalue weighted by molar-refractivity contribution is 6.38. The van der Waals surface area contributed by atoms with Gasteiger partial charge in [-0.3, -0.25) is 5.41 Å². The molecule has 2 aliphatic heterocycles. The lowest BCUT2D eigenvalue weighted by Crippen LogP contribution is -2.31. The average Bonchev–Trinajstić information content (AvgIpc) is 2.60. The fraction of sp³-hybridized carbons (Fsp3) is 0.529. The number of hydrogen-bond donors (Lipinski definition) is 1. The fourth-order valence-corrected chi connectivity index (χ4v) is 5.76. The SMILES string of the molecule is N=c1c2c(Cl)cc(Cl)cc2nc2n1C1CC3CC(CC2C3)C1. The molecule has 1 aromatic heterocycles. The van der Waals surface area contributed by atoms with E-state index in [1.54, 1.807) is 6.07 Å². The summed E-state index contributed by atoms with van der Waals surface area (Å²) >= 11 is 12.5. The van der Waals surface area contributed by atoms with Gasteiger partial charge in [-0.25, -0.2) is 4.98 Å². The van der Waals surface area contributed by atoms with Crippen molar-refractivity contribution in [3.63, 3.8) is 0 Å². The summed E-state index contributed by atoms with van der Waals surface area (Å²) < 4.78 is 2.20. The summed E-state index contributed by atoms with van der Waals surface area (Å²) in [5, 5.41) is 10.6. The number of hydrogen-bond acceptors (Lipinski definition) is 2. The monoisotopic (exact) mass is 333 g/mol. The van der Waals surface area contributed by atoms with Crippen LogP contribution in [0.1, 0.15) is 49.9 Å². The van der Waals surface area contributed by atoms with Crippen molar-refractivity contribution < 1.29 is 0 Å². The van der Waals surface area contributed by atoms with Crippen LogP contribution in [-0.2, 0) is 0 Å². The highest BCUT2D eigenvalue weighted by Gasteiger charge is 2.43. The van der Waals surface area contributed by atoms with E-state index < -0.39 is 0 Å². The summed E-state index contributed by atoms with van der Waals surface area (Å²) in [5.41, 5.74) is 1.30. The molecule has 2 atom stereocenters. The van der Waals surface area contributed by atoms with Gasteiger partial charge in [0.15, 0.2) is 0 Å². The van der Waals surface area contributed by atoms with Crippen LogP contribution in [0.25, 0.3) is 10.9 Å². The van der Waals surface area contributed by atoms with Crippen molar-refractivity contribution >= 4 is 34.1 Å². The molecule has 1 aromatic carbocycles. The highest BCUT2D eigenvalue weighted by atomic mass is 35.5. The molecule has 4 bridgehead atoms. The maximum absolute atomic E-state index is 8.75. The molecule has 2 aromatic rings. The van der Waals surface area contributed by atoms with Crippen LogP contribution in [0.15, 0.2) is 12.1 Å². The fourth-order valence-electron chi connectivity index (χ4n) is 5.19. The van der Waals surface area contributed by atoms with Crippen LogP contribution in [0.5, 0.6) is 0 Å². The molecule has 0 radical (unpaired) electrons.